The minimum atomic E-state index is -0.991. The van der Waals surface area contributed by atoms with Gasteiger partial charge in [-0.05, 0) is 23.0 Å². The maximum atomic E-state index is 11.9. The van der Waals surface area contributed by atoms with Crippen molar-refractivity contribution >= 4 is 0 Å². The van der Waals surface area contributed by atoms with E-state index < -0.39 is 5.60 Å². The van der Waals surface area contributed by atoms with Crippen molar-refractivity contribution in [3.63, 3.8) is 0 Å². The first-order valence-electron chi connectivity index (χ1n) is 9.89. The Kier molecular flexibility index (Phi) is 7.43. The van der Waals surface area contributed by atoms with Gasteiger partial charge in [-0.25, -0.2) is 0 Å². The summed E-state index contributed by atoms with van der Waals surface area (Å²) in [5, 5.41) is 11.9. The topological polar surface area (TPSA) is 23.5 Å². The predicted molar refractivity (Wildman–Crippen MR) is 111 cm³/mol. The van der Waals surface area contributed by atoms with Gasteiger partial charge in [0.1, 0.15) is 5.60 Å². The zero-order chi connectivity index (χ0) is 19.2. The number of benzene rings is 2. The minimum Gasteiger partial charge on any atom is -0.380 e. The lowest BCUT2D eigenvalue weighted by Gasteiger charge is -2.39. The van der Waals surface area contributed by atoms with E-state index in [2.05, 4.69) is 39.5 Å². The molecule has 2 aromatic rings. The Morgan fingerprint density at radius 1 is 0.692 bits per heavy atom. The number of aliphatic hydroxyl groups is 1. The Bertz CT molecular complexity index is 586. The molecule has 0 heterocycles. The van der Waals surface area contributed by atoms with Crippen molar-refractivity contribution in [3.8, 4) is 0 Å². The van der Waals surface area contributed by atoms with Crippen molar-refractivity contribution in [1.82, 2.24) is 4.90 Å². The summed E-state index contributed by atoms with van der Waals surface area (Å²) in [6, 6.07) is 20.2. The van der Waals surface area contributed by atoms with Gasteiger partial charge in [0.05, 0.1) is 0 Å². The van der Waals surface area contributed by atoms with Crippen molar-refractivity contribution < 1.29 is 5.11 Å². The predicted octanol–water partition coefficient (Wildman–Crippen LogP) is 5.17. The molecule has 1 N–H and O–H groups in total. The molecule has 0 aliphatic heterocycles. The molecule has 0 fully saturated rings. The van der Waals surface area contributed by atoms with E-state index in [0.717, 1.165) is 30.8 Å². The van der Waals surface area contributed by atoms with E-state index in [-0.39, 0.29) is 5.92 Å². The SMILES string of the molecule is CC(C)CN(CC(C)C)C[C@H](C)C(O)(c1ccccc1)c1ccccc1. The summed E-state index contributed by atoms with van der Waals surface area (Å²) in [6.45, 7) is 14.2. The van der Waals surface area contributed by atoms with Crippen LogP contribution in [0, 0.1) is 17.8 Å². The third kappa shape index (κ3) is 5.18. The van der Waals surface area contributed by atoms with E-state index in [9.17, 15) is 5.11 Å². The second-order valence-corrected chi connectivity index (χ2v) is 8.41. The van der Waals surface area contributed by atoms with E-state index in [0.29, 0.717) is 11.8 Å². The maximum Gasteiger partial charge on any atom is 0.118 e. The Morgan fingerprint density at radius 2 is 1.08 bits per heavy atom. The molecule has 1 atom stereocenters. The molecule has 0 saturated carbocycles. The van der Waals surface area contributed by atoms with Crippen LogP contribution in [0.1, 0.15) is 45.7 Å². The van der Waals surface area contributed by atoms with E-state index in [1.807, 2.05) is 60.7 Å². The molecule has 0 aliphatic rings. The standard InChI is InChI=1S/C24H35NO/c1-19(2)16-25(17-20(3)4)18-21(5)24(26,22-12-8-6-9-13-22)23-14-10-7-11-15-23/h6-15,19-21,26H,16-18H2,1-5H3/t21-/m0/s1. The van der Waals surface area contributed by atoms with Gasteiger partial charge in [0.2, 0.25) is 0 Å². The van der Waals surface area contributed by atoms with Crippen molar-refractivity contribution in [2.45, 2.75) is 40.2 Å². The first-order valence-corrected chi connectivity index (χ1v) is 9.89. The normalized spacial score (nSPS) is 13.6. The van der Waals surface area contributed by atoms with E-state index in [4.69, 9.17) is 0 Å². The Morgan fingerprint density at radius 3 is 1.42 bits per heavy atom. The molecule has 142 valence electrons. The van der Waals surface area contributed by atoms with E-state index in [1.54, 1.807) is 0 Å². The highest BCUT2D eigenvalue weighted by Gasteiger charge is 2.38. The second kappa shape index (κ2) is 9.34. The molecule has 2 nitrogen and oxygen atoms in total. The lowest BCUT2D eigenvalue weighted by molar-refractivity contribution is 0.00422. The third-order valence-electron chi connectivity index (χ3n) is 4.92. The van der Waals surface area contributed by atoms with Crippen molar-refractivity contribution in [1.29, 1.82) is 0 Å². The average molecular weight is 354 g/mol. The maximum absolute atomic E-state index is 11.9. The molecule has 2 heteroatoms. The van der Waals surface area contributed by atoms with Gasteiger partial charge in [-0.1, -0.05) is 95.3 Å². The molecule has 26 heavy (non-hydrogen) atoms. The quantitative estimate of drug-likeness (QED) is 0.672. The van der Waals surface area contributed by atoms with Crippen LogP contribution in [-0.2, 0) is 5.60 Å². The number of rotatable bonds is 9. The van der Waals surface area contributed by atoms with Crippen LogP contribution in [0.25, 0.3) is 0 Å². The van der Waals surface area contributed by atoms with Crippen LogP contribution in [0.5, 0.6) is 0 Å². The van der Waals surface area contributed by atoms with Gasteiger partial charge < -0.3 is 10.0 Å². The highest BCUT2D eigenvalue weighted by atomic mass is 16.3. The van der Waals surface area contributed by atoms with Gasteiger partial charge >= 0.3 is 0 Å². The number of hydrogen-bond donors (Lipinski definition) is 1. The fourth-order valence-electron chi connectivity index (χ4n) is 3.90. The summed E-state index contributed by atoms with van der Waals surface area (Å²) in [7, 11) is 0. The fourth-order valence-corrected chi connectivity index (χ4v) is 3.90. The zero-order valence-electron chi connectivity index (χ0n) is 17.0. The zero-order valence-corrected chi connectivity index (χ0v) is 17.0. The molecule has 0 saturated heterocycles. The van der Waals surface area contributed by atoms with Gasteiger partial charge in [0.15, 0.2) is 0 Å². The third-order valence-corrected chi connectivity index (χ3v) is 4.92. The van der Waals surface area contributed by atoms with Crippen LogP contribution >= 0.6 is 0 Å². The lowest BCUT2D eigenvalue weighted by Crippen LogP contribution is -2.44. The van der Waals surface area contributed by atoms with Crippen molar-refractivity contribution in [3.05, 3.63) is 71.8 Å². The average Bonchev–Trinajstić information content (AvgIpc) is 2.61. The summed E-state index contributed by atoms with van der Waals surface area (Å²) in [4.78, 5) is 2.51. The van der Waals surface area contributed by atoms with Gasteiger partial charge in [-0.15, -0.1) is 0 Å². The fraction of sp³-hybridized carbons (Fsp3) is 0.500. The summed E-state index contributed by atoms with van der Waals surface area (Å²) in [5.41, 5.74) is 0.940. The molecule has 2 aromatic carbocycles. The smallest absolute Gasteiger partial charge is 0.118 e. The Labute approximate surface area is 159 Å². The van der Waals surface area contributed by atoms with E-state index >= 15 is 0 Å². The summed E-state index contributed by atoms with van der Waals surface area (Å²) in [6.07, 6.45) is 0. The highest BCUT2D eigenvalue weighted by molar-refractivity contribution is 5.36. The van der Waals surface area contributed by atoms with E-state index in [1.165, 1.54) is 0 Å². The molecule has 0 aromatic heterocycles. The van der Waals surface area contributed by atoms with Crippen LogP contribution in [0.15, 0.2) is 60.7 Å². The van der Waals surface area contributed by atoms with Crippen LogP contribution in [-0.4, -0.2) is 29.6 Å². The Balaban J connectivity index is 2.35. The number of hydrogen-bond acceptors (Lipinski definition) is 2. The Hall–Kier alpha value is -1.64. The summed E-state index contributed by atoms with van der Waals surface area (Å²) >= 11 is 0. The molecule has 0 aliphatic carbocycles. The van der Waals surface area contributed by atoms with Crippen LogP contribution < -0.4 is 0 Å². The molecular weight excluding hydrogens is 318 g/mol. The monoisotopic (exact) mass is 353 g/mol. The molecule has 0 bridgehead atoms. The summed E-state index contributed by atoms with van der Waals surface area (Å²) in [5.74, 6) is 1.30. The van der Waals surface area contributed by atoms with Crippen LogP contribution in [0.2, 0.25) is 0 Å². The van der Waals surface area contributed by atoms with Crippen LogP contribution in [0.4, 0.5) is 0 Å². The van der Waals surface area contributed by atoms with Gasteiger partial charge in [0.25, 0.3) is 0 Å². The second-order valence-electron chi connectivity index (χ2n) is 8.41. The summed E-state index contributed by atoms with van der Waals surface area (Å²) < 4.78 is 0. The molecule has 0 unspecified atom stereocenters. The van der Waals surface area contributed by atoms with Gasteiger partial charge in [-0.2, -0.15) is 0 Å². The first kappa shape index (κ1) is 20.7. The van der Waals surface area contributed by atoms with Crippen molar-refractivity contribution in [2.24, 2.45) is 17.8 Å². The molecule has 2 rings (SSSR count). The molecule has 0 spiro atoms. The lowest BCUT2D eigenvalue weighted by atomic mass is 9.76. The van der Waals surface area contributed by atoms with Gasteiger partial charge in [0, 0.05) is 25.6 Å². The van der Waals surface area contributed by atoms with Gasteiger partial charge in [-0.3, -0.25) is 0 Å². The largest absolute Gasteiger partial charge is 0.380 e. The van der Waals surface area contributed by atoms with Crippen LogP contribution in [0.3, 0.4) is 0 Å². The first-order chi connectivity index (χ1) is 12.3. The highest BCUT2D eigenvalue weighted by Crippen LogP contribution is 2.37. The molecular formula is C24H35NO. The minimum absolute atomic E-state index is 0.0739. The molecule has 0 amide bonds. The number of nitrogens with zero attached hydrogens (tertiary/aromatic N) is 1. The molecule has 0 radical (unpaired) electrons. The van der Waals surface area contributed by atoms with Crippen molar-refractivity contribution in [2.75, 3.05) is 19.6 Å².